The molecule has 8 nitrogen and oxygen atoms in total. The van der Waals surface area contributed by atoms with Crippen LogP contribution >= 0.6 is 0 Å². The van der Waals surface area contributed by atoms with Crippen molar-refractivity contribution in [1.29, 1.82) is 0 Å². The molecule has 4 aromatic rings. The van der Waals surface area contributed by atoms with Crippen LogP contribution in [0.5, 0.6) is 11.5 Å². The summed E-state index contributed by atoms with van der Waals surface area (Å²) in [6.07, 6.45) is 10.3. The minimum atomic E-state index is -1.00. The molecule has 50 heavy (non-hydrogen) atoms. The average Bonchev–Trinajstić information content (AvgIpc) is 3.14. The Morgan fingerprint density at radius 3 is 2.08 bits per heavy atom. The molecular weight excluding hydrogens is 628 g/mol. The molecule has 1 amide bonds. The molecule has 0 aliphatic carbocycles. The van der Waals surface area contributed by atoms with Crippen molar-refractivity contribution in [3.63, 3.8) is 0 Å². The monoisotopic (exact) mass is 678 g/mol. The van der Waals surface area contributed by atoms with Crippen LogP contribution in [0.15, 0.2) is 109 Å². The second-order valence-corrected chi connectivity index (χ2v) is 12.4. The number of rotatable bonds is 22. The number of hydrogen-bond donors (Lipinski definition) is 2. The fourth-order valence-electron chi connectivity index (χ4n) is 5.70. The van der Waals surface area contributed by atoms with Crippen LogP contribution < -0.4 is 19.7 Å². The SMILES string of the molecule is CCCCCCCCCC(=O)N(CCCOc1ccc(CCC(Nc2ccccc2OC(=O)c2ccccc2)C(=O)O)cc1)c1ccccc1. The standard InChI is InChI=1S/C42H50N2O6/c1-2-3-4-5-6-7-14-24-40(45)44(35-20-12-9-13-21-35)31-17-32-49-36-28-25-33(26-29-36)27-30-38(41(46)47)43-37-22-15-16-23-39(37)50-42(48)34-18-10-8-11-19-34/h8-13,15-16,18-23,25-26,28-29,38,43H,2-7,14,17,24,27,30-32H2,1H3,(H,46,47). The number of nitrogens with zero attached hydrogens (tertiary/aromatic N) is 1. The second-order valence-electron chi connectivity index (χ2n) is 12.4. The molecule has 2 N–H and O–H groups in total. The van der Waals surface area contributed by atoms with Crippen LogP contribution in [0.3, 0.4) is 0 Å². The maximum absolute atomic E-state index is 13.2. The Labute approximate surface area is 296 Å². The van der Waals surface area contributed by atoms with Crippen LogP contribution in [0.1, 0.15) is 87.1 Å². The molecule has 0 aliphatic heterocycles. The first-order valence-corrected chi connectivity index (χ1v) is 17.9. The molecule has 8 heteroatoms. The molecule has 0 radical (unpaired) electrons. The van der Waals surface area contributed by atoms with Gasteiger partial charge in [0.05, 0.1) is 17.9 Å². The van der Waals surface area contributed by atoms with E-state index in [4.69, 9.17) is 9.47 Å². The van der Waals surface area contributed by atoms with Gasteiger partial charge in [0.1, 0.15) is 11.8 Å². The molecule has 0 heterocycles. The first-order valence-electron chi connectivity index (χ1n) is 17.9. The number of carboxylic acid groups (broad SMARTS) is 1. The molecule has 4 rings (SSSR count). The molecule has 0 aliphatic rings. The van der Waals surface area contributed by atoms with Crippen LogP contribution in [0.2, 0.25) is 0 Å². The number of aryl methyl sites for hydroxylation is 1. The van der Waals surface area contributed by atoms with E-state index in [1.807, 2.05) is 65.6 Å². The summed E-state index contributed by atoms with van der Waals surface area (Å²) in [5.41, 5.74) is 2.72. The molecule has 264 valence electrons. The Balaban J connectivity index is 1.23. The number of aliphatic carboxylic acids is 1. The maximum atomic E-state index is 13.2. The third-order valence-electron chi connectivity index (χ3n) is 8.53. The van der Waals surface area contributed by atoms with Gasteiger partial charge >= 0.3 is 11.9 Å². The Kier molecular flexibility index (Phi) is 15.9. The summed E-state index contributed by atoms with van der Waals surface area (Å²) < 4.78 is 11.6. The summed E-state index contributed by atoms with van der Waals surface area (Å²) in [5, 5.41) is 13.0. The van der Waals surface area contributed by atoms with Crippen molar-refractivity contribution in [3.8, 4) is 11.5 Å². The number of carbonyl (C=O) groups is 3. The van der Waals surface area contributed by atoms with Crippen molar-refractivity contribution in [3.05, 3.63) is 120 Å². The van der Waals surface area contributed by atoms with Gasteiger partial charge in [-0.05, 0) is 79.8 Å². The van der Waals surface area contributed by atoms with E-state index in [9.17, 15) is 19.5 Å². The second kappa shape index (κ2) is 21.1. The van der Waals surface area contributed by atoms with Gasteiger partial charge in [-0.25, -0.2) is 9.59 Å². The smallest absolute Gasteiger partial charge is 0.343 e. The number of esters is 1. The number of unbranched alkanes of at least 4 members (excludes halogenated alkanes) is 6. The first-order chi connectivity index (χ1) is 24.4. The number of nitrogens with one attached hydrogen (secondary N) is 1. The summed E-state index contributed by atoms with van der Waals surface area (Å²) >= 11 is 0. The zero-order valence-electron chi connectivity index (χ0n) is 29.1. The van der Waals surface area contributed by atoms with E-state index in [-0.39, 0.29) is 11.7 Å². The van der Waals surface area contributed by atoms with Crippen molar-refractivity contribution in [2.75, 3.05) is 23.4 Å². The summed E-state index contributed by atoms with van der Waals surface area (Å²) in [6, 6.07) is 32.0. The molecule has 4 aromatic carbocycles. The number of carboxylic acids is 1. The molecule has 1 unspecified atom stereocenters. The number of amides is 1. The topological polar surface area (TPSA) is 105 Å². The number of hydrogen-bond acceptors (Lipinski definition) is 6. The van der Waals surface area contributed by atoms with Gasteiger partial charge in [0.15, 0.2) is 5.75 Å². The zero-order chi connectivity index (χ0) is 35.4. The van der Waals surface area contributed by atoms with Crippen molar-refractivity contribution >= 4 is 29.2 Å². The van der Waals surface area contributed by atoms with E-state index in [1.54, 1.807) is 48.5 Å². The van der Waals surface area contributed by atoms with Crippen LogP contribution in [-0.2, 0) is 16.0 Å². The van der Waals surface area contributed by atoms with Crippen molar-refractivity contribution < 1.29 is 29.0 Å². The highest BCUT2D eigenvalue weighted by Gasteiger charge is 2.20. The van der Waals surface area contributed by atoms with Crippen LogP contribution in [0, 0.1) is 0 Å². The van der Waals surface area contributed by atoms with Gasteiger partial charge in [-0.3, -0.25) is 4.79 Å². The van der Waals surface area contributed by atoms with E-state index >= 15 is 0 Å². The van der Waals surface area contributed by atoms with Gasteiger partial charge in [-0.2, -0.15) is 0 Å². The van der Waals surface area contributed by atoms with E-state index in [0.29, 0.717) is 50.1 Å². The third-order valence-corrected chi connectivity index (χ3v) is 8.53. The van der Waals surface area contributed by atoms with E-state index in [2.05, 4.69) is 12.2 Å². The Morgan fingerprint density at radius 1 is 0.740 bits per heavy atom. The molecule has 0 bridgehead atoms. The predicted octanol–water partition coefficient (Wildman–Crippen LogP) is 9.35. The lowest BCUT2D eigenvalue weighted by molar-refractivity contribution is -0.138. The maximum Gasteiger partial charge on any atom is 0.343 e. The van der Waals surface area contributed by atoms with E-state index in [0.717, 1.165) is 29.8 Å². The van der Waals surface area contributed by atoms with Gasteiger partial charge < -0.3 is 24.8 Å². The number of para-hydroxylation sites is 3. The lowest BCUT2D eigenvalue weighted by atomic mass is 10.0. The van der Waals surface area contributed by atoms with Crippen LogP contribution in [0.4, 0.5) is 11.4 Å². The largest absolute Gasteiger partial charge is 0.494 e. The van der Waals surface area contributed by atoms with Crippen LogP contribution in [0.25, 0.3) is 0 Å². The average molecular weight is 679 g/mol. The molecule has 0 spiro atoms. The highest BCUT2D eigenvalue weighted by molar-refractivity contribution is 5.93. The summed E-state index contributed by atoms with van der Waals surface area (Å²) in [7, 11) is 0. The lowest BCUT2D eigenvalue weighted by Gasteiger charge is -2.23. The summed E-state index contributed by atoms with van der Waals surface area (Å²) in [4.78, 5) is 39.8. The molecule has 0 fully saturated rings. The first kappa shape index (κ1) is 37.7. The molecule has 0 saturated carbocycles. The molecule has 0 aromatic heterocycles. The van der Waals surface area contributed by atoms with Gasteiger partial charge in [0, 0.05) is 18.7 Å². The fourth-order valence-corrected chi connectivity index (χ4v) is 5.70. The van der Waals surface area contributed by atoms with Gasteiger partial charge in [-0.15, -0.1) is 0 Å². The van der Waals surface area contributed by atoms with Gasteiger partial charge in [0.2, 0.25) is 5.91 Å². The normalized spacial score (nSPS) is 11.4. The molecule has 1 atom stereocenters. The fraction of sp³-hybridized carbons (Fsp3) is 0.357. The Morgan fingerprint density at radius 2 is 1.38 bits per heavy atom. The predicted molar refractivity (Wildman–Crippen MR) is 199 cm³/mol. The van der Waals surface area contributed by atoms with E-state index < -0.39 is 18.0 Å². The van der Waals surface area contributed by atoms with E-state index in [1.165, 1.54) is 32.1 Å². The minimum Gasteiger partial charge on any atom is -0.494 e. The summed E-state index contributed by atoms with van der Waals surface area (Å²) in [5.74, 6) is -0.385. The number of carbonyl (C=O) groups excluding carboxylic acids is 2. The highest BCUT2D eigenvalue weighted by Crippen LogP contribution is 2.27. The Bertz CT molecular complexity index is 1590. The third kappa shape index (κ3) is 12.7. The van der Waals surface area contributed by atoms with Crippen molar-refractivity contribution in [1.82, 2.24) is 0 Å². The quantitative estimate of drug-likeness (QED) is 0.0485. The molecular formula is C42H50N2O6. The highest BCUT2D eigenvalue weighted by atomic mass is 16.5. The molecule has 0 saturated heterocycles. The Hall–Kier alpha value is -5.11. The lowest BCUT2D eigenvalue weighted by Crippen LogP contribution is -2.32. The zero-order valence-corrected chi connectivity index (χ0v) is 29.1. The number of ether oxygens (including phenoxy) is 2. The van der Waals surface area contributed by atoms with Crippen molar-refractivity contribution in [2.45, 2.75) is 83.6 Å². The van der Waals surface area contributed by atoms with Gasteiger partial charge in [0.25, 0.3) is 0 Å². The number of benzene rings is 4. The number of anilines is 2. The van der Waals surface area contributed by atoms with Crippen LogP contribution in [-0.4, -0.2) is 42.1 Å². The summed E-state index contributed by atoms with van der Waals surface area (Å²) in [6.45, 7) is 3.26. The van der Waals surface area contributed by atoms with Gasteiger partial charge in [-0.1, -0.05) is 106 Å². The van der Waals surface area contributed by atoms with Crippen molar-refractivity contribution in [2.24, 2.45) is 0 Å². The minimum absolute atomic E-state index is 0.153.